The summed E-state index contributed by atoms with van der Waals surface area (Å²) in [7, 11) is 1.44. The molecule has 0 radical (unpaired) electrons. The molecule has 1 aromatic rings. The van der Waals surface area contributed by atoms with Crippen LogP contribution < -0.4 is 10.1 Å². The van der Waals surface area contributed by atoms with E-state index in [0.29, 0.717) is 32.0 Å². The Morgan fingerprint density at radius 1 is 1.46 bits per heavy atom. The first-order chi connectivity index (χ1) is 11.5. The molecule has 1 fully saturated rings. The average Bonchev–Trinajstić information content (AvgIpc) is 2.56. The molecule has 1 amide bonds. The van der Waals surface area contributed by atoms with Crippen LogP contribution in [0.3, 0.4) is 0 Å². The Balaban J connectivity index is 2.05. The number of hydrogen-bond donors (Lipinski definition) is 1. The summed E-state index contributed by atoms with van der Waals surface area (Å²) >= 11 is 0. The lowest BCUT2D eigenvalue weighted by atomic mass is 10.1. The topological polar surface area (TPSA) is 56.8 Å². The zero-order valence-electron chi connectivity index (χ0n) is 14.3. The molecule has 0 aliphatic carbocycles. The number of carbonyl (C=O) groups is 1. The van der Waals surface area contributed by atoms with Gasteiger partial charge < -0.3 is 19.5 Å². The monoisotopic (exact) mass is 337 g/mol. The molecule has 1 heterocycles. The molecule has 1 N–H and O–H groups in total. The molecule has 0 bridgehead atoms. The first-order valence-electron chi connectivity index (χ1n) is 7.98. The van der Waals surface area contributed by atoms with Gasteiger partial charge in [-0.2, -0.15) is 0 Å². The first kappa shape index (κ1) is 18.4. The van der Waals surface area contributed by atoms with E-state index in [2.05, 4.69) is 5.32 Å². The van der Waals surface area contributed by atoms with Gasteiger partial charge in [-0.15, -0.1) is 0 Å². The molecule has 0 saturated carbocycles. The summed E-state index contributed by atoms with van der Waals surface area (Å²) in [6, 6.07) is 3.57. The van der Waals surface area contributed by atoms with Crippen LogP contribution in [0.4, 0.5) is 4.39 Å². The molecule has 24 heavy (non-hydrogen) atoms. The lowest BCUT2D eigenvalue weighted by molar-refractivity contribution is -0.0457. The number of ether oxygens (including phenoxy) is 3. The van der Waals surface area contributed by atoms with E-state index in [1.54, 1.807) is 0 Å². The second-order valence-electron chi connectivity index (χ2n) is 5.94. The van der Waals surface area contributed by atoms with Gasteiger partial charge in [0.05, 0.1) is 38.0 Å². The molecular formula is C18H24FNO4. The van der Waals surface area contributed by atoms with Gasteiger partial charge in [0.1, 0.15) is 11.6 Å². The normalized spacial score (nSPS) is 20.3. The van der Waals surface area contributed by atoms with Crippen LogP contribution in [0.1, 0.15) is 30.6 Å². The highest BCUT2D eigenvalue weighted by atomic mass is 19.1. The van der Waals surface area contributed by atoms with Crippen molar-refractivity contribution in [3.05, 3.63) is 41.2 Å². The van der Waals surface area contributed by atoms with Gasteiger partial charge in [-0.1, -0.05) is 11.6 Å². The number of nitrogens with one attached hydrogen (secondary N) is 1. The third-order valence-electron chi connectivity index (χ3n) is 3.82. The molecule has 2 rings (SSSR count). The predicted molar refractivity (Wildman–Crippen MR) is 88.8 cm³/mol. The van der Waals surface area contributed by atoms with E-state index in [4.69, 9.17) is 14.2 Å². The number of benzene rings is 1. The summed E-state index contributed by atoms with van der Waals surface area (Å²) in [5.41, 5.74) is 1.33. The van der Waals surface area contributed by atoms with Crippen molar-refractivity contribution in [3.63, 3.8) is 0 Å². The minimum atomic E-state index is -0.489. The van der Waals surface area contributed by atoms with E-state index in [1.165, 1.54) is 24.8 Å². The molecule has 0 spiro atoms. The van der Waals surface area contributed by atoms with Crippen LogP contribution in [0, 0.1) is 5.82 Å². The van der Waals surface area contributed by atoms with Crippen molar-refractivity contribution < 1.29 is 23.4 Å². The molecule has 1 aliphatic heterocycles. The molecule has 0 unspecified atom stereocenters. The number of halogens is 1. The number of allylic oxidation sites excluding steroid dienone is 1. The summed E-state index contributed by atoms with van der Waals surface area (Å²) in [6.07, 6.45) is 2.55. The molecule has 132 valence electrons. The maximum Gasteiger partial charge on any atom is 0.255 e. The van der Waals surface area contributed by atoms with Gasteiger partial charge in [0, 0.05) is 6.61 Å². The van der Waals surface area contributed by atoms with Gasteiger partial charge in [0.2, 0.25) is 0 Å². The molecule has 1 saturated heterocycles. The minimum absolute atomic E-state index is 0.141. The lowest BCUT2D eigenvalue weighted by Crippen LogP contribution is -2.50. The molecular weight excluding hydrogens is 313 g/mol. The Morgan fingerprint density at radius 3 is 2.96 bits per heavy atom. The lowest BCUT2D eigenvalue weighted by Gasteiger charge is -2.32. The highest BCUT2D eigenvalue weighted by Gasteiger charge is 2.29. The van der Waals surface area contributed by atoms with Crippen molar-refractivity contribution in [2.24, 2.45) is 0 Å². The van der Waals surface area contributed by atoms with E-state index in [1.807, 2.05) is 19.9 Å². The summed E-state index contributed by atoms with van der Waals surface area (Å²) in [4.78, 5) is 12.5. The largest absolute Gasteiger partial charge is 0.496 e. The van der Waals surface area contributed by atoms with Crippen LogP contribution in [0.15, 0.2) is 29.8 Å². The Hall–Kier alpha value is -1.92. The fourth-order valence-electron chi connectivity index (χ4n) is 2.49. The molecule has 2 atom stereocenters. The predicted octanol–water partition coefficient (Wildman–Crippen LogP) is 2.70. The molecule has 6 heteroatoms. The Bertz CT molecular complexity index is 599. The average molecular weight is 337 g/mol. The minimum Gasteiger partial charge on any atom is -0.496 e. The van der Waals surface area contributed by atoms with Gasteiger partial charge in [-0.05, 0) is 38.5 Å². The van der Waals surface area contributed by atoms with E-state index in [0.717, 1.165) is 6.07 Å². The van der Waals surface area contributed by atoms with E-state index < -0.39 is 11.7 Å². The van der Waals surface area contributed by atoms with E-state index in [-0.39, 0.29) is 17.7 Å². The summed E-state index contributed by atoms with van der Waals surface area (Å²) in [5.74, 6) is -0.567. The second-order valence-corrected chi connectivity index (χ2v) is 5.94. The fourth-order valence-corrected chi connectivity index (χ4v) is 2.49. The number of rotatable bonds is 6. The quantitative estimate of drug-likeness (QED) is 0.811. The standard InChI is InChI=1S/C18H24FNO4/c1-12(2)6-9-24-17-7-8-23-11-15(17)20-18(21)14-10-13(19)4-5-16(14)22-3/h4-6,10,15,17H,7-9,11H2,1-3H3,(H,20,21)/t15-,17+/m0/s1. The van der Waals surface area contributed by atoms with Crippen LogP contribution >= 0.6 is 0 Å². The molecule has 0 aromatic heterocycles. The molecule has 5 nitrogen and oxygen atoms in total. The Morgan fingerprint density at radius 2 is 2.25 bits per heavy atom. The zero-order valence-corrected chi connectivity index (χ0v) is 14.3. The van der Waals surface area contributed by atoms with Crippen molar-refractivity contribution in [1.82, 2.24) is 5.32 Å². The third kappa shape index (κ3) is 5.04. The van der Waals surface area contributed by atoms with Crippen molar-refractivity contribution in [2.75, 3.05) is 26.9 Å². The summed E-state index contributed by atoms with van der Waals surface area (Å²) < 4.78 is 29.9. The van der Waals surface area contributed by atoms with E-state index in [9.17, 15) is 9.18 Å². The maximum atomic E-state index is 13.4. The SMILES string of the molecule is COc1ccc(F)cc1C(=O)N[C@H]1COCC[C@H]1OCC=C(C)C. The Labute approximate surface area is 141 Å². The van der Waals surface area contributed by atoms with Crippen molar-refractivity contribution >= 4 is 5.91 Å². The van der Waals surface area contributed by atoms with Crippen molar-refractivity contribution in [3.8, 4) is 5.75 Å². The van der Waals surface area contributed by atoms with Crippen LogP contribution in [0.2, 0.25) is 0 Å². The molecule has 1 aliphatic rings. The smallest absolute Gasteiger partial charge is 0.255 e. The van der Waals surface area contributed by atoms with Gasteiger partial charge in [0.25, 0.3) is 5.91 Å². The van der Waals surface area contributed by atoms with Gasteiger partial charge in [-0.25, -0.2) is 4.39 Å². The fraction of sp³-hybridized carbons (Fsp3) is 0.500. The highest BCUT2D eigenvalue weighted by Crippen LogP contribution is 2.20. The third-order valence-corrected chi connectivity index (χ3v) is 3.82. The van der Waals surface area contributed by atoms with Crippen molar-refractivity contribution in [1.29, 1.82) is 0 Å². The number of hydrogen-bond acceptors (Lipinski definition) is 4. The van der Waals surface area contributed by atoms with Gasteiger partial charge in [0.15, 0.2) is 0 Å². The van der Waals surface area contributed by atoms with Crippen LogP contribution in [-0.4, -0.2) is 45.0 Å². The second kappa shape index (κ2) is 8.80. The zero-order chi connectivity index (χ0) is 17.5. The highest BCUT2D eigenvalue weighted by molar-refractivity contribution is 5.97. The van der Waals surface area contributed by atoms with Crippen LogP contribution in [-0.2, 0) is 9.47 Å². The van der Waals surface area contributed by atoms with Gasteiger partial charge in [-0.3, -0.25) is 4.79 Å². The van der Waals surface area contributed by atoms with Gasteiger partial charge >= 0.3 is 0 Å². The molecule has 1 aromatic carbocycles. The maximum absolute atomic E-state index is 13.4. The number of methoxy groups -OCH3 is 1. The summed E-state index contributed by atoms with van der Waals surface area (Å²) in [6.45, 7) is 5.45. The van der Waals surface area contributed by atoms with E-state index >= 15 is 0 Å². The van der Waals surface area contributed by atoms with Crippen LogP contribution in [0.25, 0.3) is 0 Å². The number of carbonyl (C=O) groups excluding carboxylic acids is 1. The summed E-state index contributed by atoms with van der Waals surface area (Å²) in [5, 5.41) is 2.87. The van der Waals surface area contributed by atoms with Crippen molar-refractivity contribution in [2.45, 2.75) is 32.4 Å². The Kier molecular flexibility index (Phi) is 6.75. The number of amides is 1. The first-order valence-corrected chi connectivity index (χ1v) is 7.98. The van der Waals surface area contributed by atoms with Crippen LogP contribution in [0.5, 0.6) is 5.75 Å².